The van der Waals surface area contributed by atoms with E-state index in [1.54, 1.807) is 0 Å². The second kappa shape index (κ2) is 6.03. The Kier molecular flexibility index (Phi) is 4.39. The summed E-state index contributed by atoms with van der Waals surface area (Å²) in [5, 5.41) is 3.46. The molecule has 1 heteroatoms. The van der Waals surface area contributed by atoms with Gasteiger partial charge in [0.25, 0.3) is 0 Å². The van der Waals surface area contributed by atoms with E-state index in [2.05, 4.69) is 68.6 Å². The monoisotopic (exact) mass is 253 g/mol. The molecule has 2 aromatic carbocycles. The molecule has 0 saturated carbocycles. The maximum Gasteiger partial charge on any atom is 0.0577 e. The van der Waals surface area contributed by atoms with Gasteiger partial charge in [-0.3, -0.25) is 0 Å². The van der Waals surface area contributed by atoms with E-state index in [0.717, 1.165) is 6.42 Å². The van der Waals surface area contributed by atoms with Gasteiger partial charge in [0.2, 0.25) is 0 Å². The summed E-state index contributed by atoms with van der Waals surface area (Å²) in [6.45, 7) is 6.55. The first-order chi connectivity index (χ1) is 9.17. The molecule has 2 rings (SSSR count). The molecule has 0 aliphatic rings. The minimum atomic E-state index is 0.274. The molecule has 1 N–H and O–H groups in total. The lowest BCUT2D eigenvalue weighted by Crippen LogP contribution is -2.19. The molecule has 100 valence electrons. The van der Waals surface area contributed by atoms with Crippen LogP contribution in [0, 0.1) is 13.8 Å². The van der Waals surface area contributed by atoms with Crippen molar-refractivity contribution in [3.8, 4) is 0 Å². The Morgan fingerprint density at radius 2 is 1.74 bits per heavy atom. The predicted molar refractivity (Wildman–Crippen MR) is 82.6 cm³/mol. The van der Waals surface area contributed by atoms with Gasteiger partial charge in [0.15, 0.2) is 0 Å². The van der Waals surface area contributed by atoms with Gasteiger partial charge in [0, 0.05) is 0 Å². The second-order valence-corrected chi connectivity index (χ2v) is 5.12. The second-order valence-electron chi connectivity index (χ2n) is 5.12. The van der Waals surface area contributed by atoms with E-state index in [-0.39, 0.29) is 6.04 Å². The van der Waals surface area contributed by atoms with Crippen molar-refractivity contribution >= 4 is 0 Å². The molecule has 0 aliphatic heterocycles. The largest absolute Gasteiger partial charge is 0.309 e. The summed E-state index contributed by atoms with van der Waals surface area (Å²) >= 11 is 0. The van der Waals surface area contributed by atoms with Gasteiger partial charge in [0.1, 0.15) is 0 Å². The van der Waals surface area contributed by atoms with E-state index in [1.165, 1.54) is 27.8 Å². The molecule has 0 aromatic heterocycles. The van der Waals surface area contributed by atoms with Crippen LogP contribution in [0.25, 0.3) is 0 Å². The Hall–Kier alpha value is -1.60. The first-order valence-electron chi connectivity index (χ1n) is 6.99. The van der Waals surface area contributed by atoms with E-state index in [0.29, 0.717) is 0 Å². The molecular weight excluding hydrogens is 230 g/mol. The average Bonchev–Trinajstić information content (AvgIpc) is 2.44. The molecule has 1 unspecified atom stereocenters. The summed E-state index contributed by atoms with van der Waals surface area (Å²) in [5.41, 5.74) is 6.84. The lowest BCUT2D eigenvalue weighted by Gasteiger charge is -2.21. The maximum atomic E-state index is 3.46. The highest BCUT2D eigenvalue weighted by molar-refractivity contribution is 5.40. The molecule has 0 heterocycles. The number of nitrogens with one attached hydrogen (secondary N) is 1. The van der Waals surface area contributed by atoms with Crippen molar-refractivity contribution in [2.24, 2.45) is 0 Å². The van der Waals surface area contributed by atoms with Gasteiger partial charge in [-0.2, -0.15) is 0 Å². The van der Waals surface area contributed by atoms with Crippen LogP contribution in [0.2, 0.25) is 0 Å². The van der Waals surface area contributed by atoms with Crippen molar-refractivity contribution in [2.45, 2.75) is 33.2 Å². The smallest absolute Gasteiger partial charge is 0.0577 e. The highest BCUT2D eigenvalue weighted by Gasteiger charge is 2.15. The Labute approximate surface area is 116 Å². The van der Waals surface area contributed by atoms with Gasteiger partial charge in [-0.15, -0.1) is 0 Å². The van der Waals surface area contributed by atoms with Crippen LogP contribution in [-0.4, -0.2) is 7.05 Å². The third kappa shape index (κ3) is 2.87. The number of aryl methyl sites for hydroxylation is 3. The third-order valence-electron chi connectivity index (χ3n) is 3.90. The summed E-state index contributed by atoms with van der Waals surface area (Å²) < 4.78 is 0. The zero-order chi connectivity index (χ0) is 13.8. The molecule has 1 nitrogen and oxygen atoms in total. The van der Waals surface area contributed by atoms with Crippen LogP contribution in [0.15, 0.2) is 42.5 Å². The molecular formula is C18H23N. The normalized spacial score (nSPS) is 12.4. The van der Waals surface area contributed by atoms with E-state index >= 15 is 0 Å². The number of hydrogen-bond donors (Lipinski definition) is 1. The Bertz CT molecular complexity index is 557. The lowest BCUT2D eigenvalue weighted by molar-refractivity contribution is 0.683. The van der Waals surface area contributed by atoms with E-state index in [4.69, 9.17) is 0 Å². The van der Waals surface area contributed by atoms with Crippen LogP contribution in [-0.2, 0) is 6.42 Å². The van der Waals surface area contributed by atoms with Gasteiger partial charge in [-0.1, -0.05) is 49.4 Å². The molecule has 0 aliphatic carbocycles. The predicted octanol–water partition coefficient (Wildman–Crippen LogP) is 4.17. The van der Waals surface area contributed by atoms with Crippen LogP contribution in [0.4, 0.5) is 0 Å². The zero-order valence-corrected chi connectivity index (χ0v) is 12.3. The van der Waals surface area contributed by atoms with E-state index in [1.807, 2.05) is 7.05 Å². The molecule has 0 amide bonds. The van der Waals surface area contributed by atoms with Gasteiger partial charge in [0.05, 0.1) is 6.04 Å². The van der Waals surface area contributed by atoms with Crippen molar-refractivity contribution in [1.29, 1.82) is 0 Å². The van der Waals surface area contributed by atoms with Crippen LogP contribution >= 0.6 is 0 Å². The van der Waals surface area contributed by atoms with Gasteiger partial charge in [-0.25, -0.2) is 0 Å². The highest BCUT2D eigenvalue weighted by atomic mass is 14.9. The molecule has 0 radical (unpaired) electrons. The topological polar surface area (TPSA) is 12.0 Å². The molecule has 0 fully saturated rings. The van der Waals surface area contributed by atoms with E-state index < -0.39 is 0 Å². The fourth-order valence-corrected chi connectivity index (χ4v) is 2.58. The van der Waals surface area contributed by atoms with Crippen molar-refractivity contribution in [3.63, 3.8) is 0 Å². The quantitative estimate of drug-likeness (QED) is 0.862. The first-order valence-corrected chi connectivity index (χ1v) is 6.99. The molecule has 2 aromatic rings. The molecule has 1 atom stereocenters. The standard InChI is InChI=1S/C18H23N/c1-5-15-8-6-7-9-17(15)18(19-4)16-11-10-13(2)14(3)12-16/h6-12,18-19H,5H2,1-4H3. The van der Waals surface area contributed by atoms with E-state index in [9.17, 15) is 0 Å². The van der Waals surface area contributed by atoms with Crippen molar-refractivity contribution in [3.05, 3.63) is 70.3 Å². The third-order valence-corrected chi connectivity index (χ3v) is 3.90. The summed E-state index contributed by atoms with van der Waals surface area (Å²) in [7, 11) is 2.03. The summed E-state index contributed by atoms with van der Waals surface area (Å²) in [5.74, 6) is 0. The van der Waals surface area contributed by atoms with Crippen LogP contribution in [0.1, 0.15) is 40.8 Å². The molecule has 0 saturated heterocycles. The fourth-order valence-electron chi connectivity index (χ4n) is 2.58. The summed E-state index contributed by atoms with van der Waals surface area (Å²) in [6.07, 6.45) is 1.07. The highest BCUT2D eigenvalue weighted by Crippen LogP contribution is 2.26. The molecule has 0 bridgehead atoms. The Morgan fingerprint density at radius 3 is 2.37 bits per heavy atom. The Balaban J connectivity index is 2.46. The molecule has 0 spiro atoms. The minimum Gasteiger partial charge on any atom is -0.309 e. The summed E-state index contributed by atoms with van der Waals surface area (Å²) in [6, 6.07) is 15.7. The molecule has 19 heavy (non-hydrogen) atoms. The number of hydrogen-bond acceptors (Lipinski definition) is 1. The van der Waals surface area contributed by atoms with Crippen LogP contribution < -0.4 is 5.32 Å². The van der Waals surface area contributed by atoms with Crippen LogP contribution in [0.5, 0.6) is 0 Å². The van der Waals surface area contributed by atoms with Gasteiger partial charge >= 0.3 is 0 Å². The first kappa shape index (κ1) is 13.8. The fraction of sp³-hybridized carbons (Fsp3) is 0.333. The van der Waals surface area contributed by atoms with Gasteiger partial charge in [-0.05, 0) is 55.1 Å². The van der Waals surface area contributed by atoms with Gasteiger partial charge < -0.3 is 5.32 Å². The van der Waals surface area contributed by atoms with Crippen molar-refractivity contribution < 1.29 is 0 Å². The van der Waals surface area contributed by atoms with Crippen molar-refractivity contribution in [1.82, 2.24) is 5.32 Å². The van der Waals surface area contributed by atoms with Crippen LogP contribution in [0.3, 0.4) is 0 Å². The number of benzene rings is 2. The SMILES string of the molecule is CCc1ccccc1C(NC)c1ccc(C)c(C)c1. The van der Waals surface area contributed by atoms with Crippen molar-refractivity contribution in [2.75, 3.05) is 7.05 Å². The minimum absolute atomic E-state index is 0.274. The lowest BCUT2D eigenvalue weighted by atomic mass is 9.92. The maximum absolute atomic E-state index is 3.46. The zero-order valence-electron chi connectivity index (χ0n) is 12.3. The number of rotatable bonds is 4. The Morgan fingerprint density at radius 1 is 1.00 bits per heavy atom. The average molecular weight is 253 g/mol. The summed E-state index contributed by atoms with van der Waals surface area (Å²) in [4.78, 5) is 0.